The highest BCUT2D eigenvalue weighted by Gasteiger charge is 2.17. The van der Waals surface area contributed by atoms with E-state index in [2.05, 4.69) is 48.0 Å². The molecule has 7 nitrogen and oxygen atoms in total. The average Bonchev–Trinajstić information content (AvgIpc) is 3.26. The van der Waals surface area contributed by atoms with E-state index in [1.807, 2.05) is 22.9 Å². The number of pyridine rings is 1. The van der Waals surface area contributed by atoms with E-state index in [4.69, 9.17) is 14.5 Å². The molecule has 0 bridgehead atoms. The number of imidazole rings is 1. The van der Waals surface area contributed by atoms with Crippen LogP contribution in [-0.2, 0) is 22.5 Å². The monoisotopic (exact) mass is 462 g/mol. The summed E-state index contributed by atoms with van der Waals surface area (Å²) in [5.74, 6) is 1.69. The van der Waals surface area contributed by atoms with Gasteiger partial charge in [-0.3, -0.25) is 9.69 Å². The summed E-state index contributed by atoms with van der Waals surface area (Å²) in [6.07, 6.45) is 3.51. The number of morpholine rings is 1. The Balaban J connectivity index is 1.55. The predicted molar refractivity (Wildman–Crippen MR) is 133 cm³/mol. The number of hydrogen-bond acceptors (Lipinski definition) is 6. The number of rotatable bonds is 10. The Morgan fingerprint density at radius 3 is 2.53 bits per heavy atom. The third-order valence-corrected chi connectivity index (χ3v) is 5.99. The fourth-order valence-corrected chi connectivity index (χ4v) is 4.20. The molecule has 3 aromatic rings. The van der Waals surface area contributed by atoms with E-state index in [0.717, 1.165) is 50.5 Å². The normalized spacial score (nSPS) is 14.5. The first-order chi connectivity index (χ1) is 16.5. The van der Waals surface area contributed by atoms with Crippen molar-refractivity contribution in [1.82, 2.24) is 19.4 Å². The van der Waals surface area contributed by atoms with Crippen LogP contribution in [0, 0.1) is 5.92 Å². The zero-order chi connectivity index (χ0) is 23.9. The first kappa shape index (κ1) is 24.1. The Bertz CT molecular complexity index is 1090. The molecule has 1 fully saturated rings. The Kier molecular flexibility index (Phi) is 8.08. The highest BCUT2D eigenvalue weighted by atomic mass is 16.5. The molecule has 1 saturated heterocycles. The second kappa shape index (κ2) is 11.4. The van der Waals surface area contributed by atoms with Gasteiger partial charge in [0.1, 0.15) is 5.69 Å². The van der Waals surface area contributed by atoms with E-state index in [9.17, 15) is 4.79 Å². The van der Waals surface area contributed by atoms with Crippen molar-refractivity contribution in [1.29, 1.82) is 0 Å². The first-order valence-corrected chi connectivity index (χ1v) is 12.0. The minimum Gasteiger partial charge on any atom is -0.481 e. The van der Waals surface area contributed by atoms with Gasteiger partial charge in [-0.25, -0.2) is 9.97 Å². The maximum atomic E-state index is 12.6. The first-order valence-electron chi connectivity index (χ1n) is 12.0. The highest BCUT2D eigenvalue weighted by Crippen LogP contribution is 2.26. The van der Waals surface area contributed by atoms with Crippen LogP contribution in [0.3, 0.4) is 0 Å². The van der Waals surface area contributed by atoms with E-state index >= 15 is 0 Å². The fraction of sp³-hybridized carbons (Fsp3) is 0.444. The lowest BCUT2D eigenvalue weighted by Crippen LogP contribution is -2.37. The van der Waals surface area contributed by atoms with Crippen molar-refractivity contribution in [2.45, 2.75) is 33.2 Å². The Labute approximate surface area is 201 Å². The van der Waals surface area contributed by atoms with Crippen LogP contribution in [0.5, 0.6) is 5.88 Å². The number of benzene rings is 1. The Morgan fingerprint density at radius 2 is 1.82 bits per heavy atom. The highest BCUT2D eigenvalue weighted by molar-refractivity contribution is 5.79. The molecule has 3 heterocycles. The van der Waals surface area contributed by atoms with E-state index in [-0.39, 0.29) is 12.3 Å². The molecular formula is C27H34N4O3. The molecule has 0 N–H and O–H groups in total. The van der Waals surface area contributed by atoms with Gasteiger partial charge < -0.3 is 14.0 Å². The summed E-state index contributed by atoms with van der Waals surface area (Å²) in [7, 11) is 1.59. The molecule has 1 aliphatic rings. The SMILES string of the molecule is COc1cccc(-c2nc(-c3ccc(CCN4CCOCC4)cc3)cn2CC(=O)CC(C)C)n1. The molecule has 7 heteroatoms. The van der Waals surface area contributed by atoms with E-state index in [0.29, 0.717) is 29.7 Å². The van der Waals surface area contributed by atoms with Gasteiger partial charge in [0, 0.05) is 43.9 Å². The minimum absolute atomic E-state index is 0.182. The van der Waals surface area contributed by atoms with Crippen molar-refractivity contribution in [2.24, 2.45) is 5.92 Å². The summed E-state index contributed by atoms with van der Waals surface area (Å²) >= 11 is 0. The van der Waals surface area contributed by atoms with E-state index in [1.54, 1.807) is 13.2 Å². The van der Waals surface area contributed by atoms with Crippen molar-refractivity contribution < 1.29 is 14.3 Å². The second-order valence-corrected chi connectivity index (χ2v) is 9.18. The summed E-state index contributed by atoms with van der Waals surface area (Å²) in [4.78, 5) is 24.5. The zero-order valence-electron chi connectivity index (χ0n) is 20.4. The van der Waals surface area contributed by atoms with E-state index in [1.165, 1.54) is 5.56 Å². The smallest absolute Gasteiger partial charge is 0.213 e. The molecule has 2 aromatic heterocycles. The van der Waals surface area contributed by atoms with Crippen LogP contribution in [-0.4, -0.2) is 65.2 Å². The van der Waals surface area contributed by atoms with Crippen LogP contribution >= 0.6 is 0 Å². The number of carbonyl (C=O) groups excluding carboxylic acids is 1. The topological polar surface area (TPSA) is 69.5 Å². The van der Waals surface area contributed by atoms with E-state index < -0.39 is 0 Å². The van der Waals surface area contributed by atoms with Crippen molar-refractivity contribution in [3.63, 3.8) is 0 Å². The molecule has 0 saturated carbocycles. The summed E-state index contributed by atoms with van der Waals surface area (Å²) in [6, 6.07) is 14.1. The number of ketones is 1. The zero-order valence-corrected chi connectivity index (χ0v) is 20.4. The molecule has 0 amide bonds. The molecule has 0 atom stereocenters. The van der Waals surface area contributed by atoms with Crippen LogP contribution < -0.4 is 4.74 Å². The quantitative estimate of drug-likeness (QED) is 0.452. The molecule has 1 aromatic carbocycles. The predicted octanol–water partition coefficient (Wildman–Crippen LogP) is 4.11. The number of methoxy groups -OCH3 is 1. The number of aromatic nitrogens is 3. The lowest BCUT2D eigenvalue weighted by atomic mass is 10.1. The summed E-state index contributed by atoms with van der Waals surface area (Å²) in [6.45, 7) is 9.10. The number of carbonyl (C=O) groups is 1. The molecule has 180 valence electrons. The van der Waals surface area contributed by atoms with Gasteiger partial charge in [0.2, 0.25) is 5.88 Å². The molecule has 4 rings (SSSR count). The van der Waals surface area contributed by atoms with Crippen LogP contribution in [0.15, 0.2) is 48.7 Å². The van der Waals surface area contributed by atoms with Crippen LogP contribution in [0.1, 0.15) is 25.8 Å². The van der Waals surface area contributed by atoms with Gasteiger partial charge in [0.25, 0.3) is 0 Å². The Morgan fingerprint density at radius 1 is 1.06 bits per heavy atom. The molecule has 1 aliphatic heterocycles. The lowest BCUT2D eigenvalue weighted by Gasteiger charge is -2.26. The third kappa shape index (κ3) is 6.30. The van der Waals surface area contributed by atoms with Gasteiger partial charge in [0.05, 0.1) is 32.6 Å². The fourth-order valence-electron chi connectivity index (χ4n) is 4.20. The van der Waals surface area contributed by atoms with Gasteiger partial charge in [-0.05, 0) is 24.0 Å². The second-order valence-electron chi connectivity index (χ2n) is 9.18. The largest absolute Gasteiger partial charge is 0.481 e. The van der Waals surface area contributed by atoms with Gasteiger partial charge in [-0.2, -0.15) is 0 Å². The van der Waals surface area contributed by atoms with Gasteiger partial charge >= 0.3 is 0 Å². The van der Waals surface area contributed by atoms with Gasteiger partial charge in [-0.1, -0.05) is 44.2 Å². The van der Waals surface area contributed by atoms with Crippen molar-refractivity contribution in [2.75, 3.05) is 40.0 Å². The summed E-state index contributed by atoms with van der Waals surface area (Å²) < 4.78 is 12.6. The molecule has 0 spiro atoms. The molecule has 0 unspecified atom stereocenters. The van der Waals surface area contributed by atoms with Crippen molar-refractivity contribution >= 4 is 5.78 Å². The van der Waals surface area contributed by atoms with Gasteiger partial charge in [0.15, 0.2) is 11.6 Å². The standard InChI is InChI=1S/C27H34N4O3/c1-20(2)17-23(32)18-31-19-25(29-27(31)24-5-4-6-26(28-24)33-3)22-9-7-21(8-10-22)11-12-30-13-15-34-16-14-30/h4-10,19-20H,11-18H2,1-3H3. The third-order valence-electron chi connectivity index (χ3n) is 5.99. The maximum absolute atomic E-state index is 12.6. The maximum Gasteiger partial charge on any atom is 0.213 e. The van der Waals surface area contributed by atoms with Crippen LogP contribution in [0.4, 0.5) is 0 Å². The average molecular weight is 463 g/mol. The van der Waals surface area contributed by atoms with Gasteiger partial charge in [-0.15, -0.1) is 0 Å². The van der Waals surface area contributed by atoms with Crippen LogP contribution in [0.2, 0.25) is 0 Å². The lowest BCUT2D eigenvalue weighted by molar-refractivity contribution is -0.120. The molecule has 0 aliphatic carbocycles. The molecular weight excluding hydrogens is 428 g/mol. The minimum atomic E-state index is 0.182. The summed E-state index contributed by atoms with van der Waals surface area (Å²) in [5.41, 5.74) is 3.84. The number of Topliss-reactive ketones (excluding diaryl/α,β-unsaturated/α-hetero) is 1. The van der Waals surface area contributed by atoms with Crippen molar-refractivity contribution in [3.05, 3.63) is 54.2 Å². The van der Waals surface area contributed by atoms with Crippen molar-refractivity contribution in [3.8, 4) is 28.7 Å². The summed E-state index contributed by atoms with van der Waals surface area (Å²) in [5, 5.41) is 0. The van der Waals surface area contributed by atoms with Crippen LogP contribution in [0.25, 0.3) is 22.8 Å². The molecule has 0 radical (unpaired) electrons. The Hall–Kier alpha value is -3.03. The number of ether oxygens (including phenoxy) is 2. The molecule has 34 heavy (non-hydrogen) atoms. The number of nitrogens with zero attached hydrogens (tertiary/aromatic N) is 4. The number of hydrogen-bond donors (Lipinski definition) is 0.